The SMILES string of the molecule is C[C@@H](O)[C@H](NC(=O)c1cccc(Br)c1Cl)C(=O)O. The van der Waals surface area contributed by atoms with Crippen LogP contribution in [0.1, 0.15) is 17.3 Å². The number of carboxylic acid groups (broad SMARTS) is 1. The Labute approximate surface area is 117 Å². The van der Waals surface area contributed by atoms with Gasteiger partial charge in [-0.1, -0.05) is 17.7 Å². The Morgan fingerprint density at radius 2 is 2.06 bits per heavy atom. The van der Waals surface area contributed by atoms with E-state index in [4.69, 9.17) is 16.7 Å². The lowest BCUT2D eigenvalue weighted by Crippen LogP contribution is -2.47. The zero-order chi connectivity index (χ0) is 13.9. The predicted molar refractivity (Wildman–Crippen MR) is 69.7 cm³/mol. The van der Waals surface area contributed by atoms with Gasteiger partial charge in [-0.05, 0) is 35.0 Å². The van der Waals surface area contributed by atoms with Gasteiger partial charge in [0.15, 0.2) is 6.04 Å². The summed E-state index contributed by atoms with van der Waals surface area (Å²) in [5, 5.41) is 20.5. The third kappa shape index (κ3) is 3.44. The molecule has 0 radical (unpaired) electrons. The standard InChI is InChI=1S/C11H11BrClNO4/c1-5(15)9(11(17)18)14-10(16)6-3-2-4-7(12)8(6)13/h2-5,9,15H,1H3,(H,14,16)(H,17,18)/t5-,9+/m1/s1. The molecular formula is C11H11BrClNO4. The Morgan fingerprint density at radius 1 is 1.44 bits per heavy atom. The average molecular weight is 337 g/mol. The minimum atomic E-state index is -1.38. The van der Waals surface area contributed by atoms with Crippen molar-refractivity contribution < 1.29 is 19.8 Å². The second-order valence-electron chi connectivity index (χ2n) is 3.63. The maximum absolute atomic E-state index is 11.8. The molecule has 1 rings (SSSR count). The molecule has 0 aliphatic rings. The maximum atomic E-state index is 11.8. The highest BCUT2D eigenvalue weighted by Crippen LogP contribution is 2.25. The van der Waals surface area contributed by atoms with Gasteiger partial charge in [-0.3, -0.25) is 4.79 Å². The van der Waals surface area contributed by atoms with Crippen LogP contribution in [-0.2, 0) is 4.79 Å². The number of halogens is 2. The number of benzene rings is 1. The van der Waals surface area contributed by atoms with Gasteiger partial charge in [0, 0.05) is 4.47 Å². The number of aliphatic hydroxyl groups excluding tert-OH is 1. The number of aliphatic hydroxyl groups is 1. The second-order valence-corrected chi connectivity index (χ2v) is 4.86. The third-order valence-electron chi connectivity index (χ3n) is 2.23. The summed E-state index contributed by atoms with van der Waals surface area (Å²) in [6.07, 6.45) is -1.21. The number of carboxylic acids is 1. The summed E-state index contributed by atoms with van der Waals surface area (Å²) in [5.74, 6) is -1.97. The Kier molecular flexibility index (Phi) is 5.13. The molecule has 18 heavy (non-hydrogen) atoms. The topological polar surface area (TPSA) is 86.6 Å². The minimum Gasteiger partial charge on any atom is -0.480 e. The van der Waals surface area contributed by atoms with Crippen molar-refractivity contribution in [1.29, 1.82) is 0 Å². The predicted octanol–water partition coefficient (Wildman–Crippen LogP) is 1.67. The van der Waals surface area contributed by atoms with Crippen LogP contribution in [0.15, 0.2) is 22.7 Å². The van der Waals surface area contributed by atoms with E-state index in [1.165, 1.54) is 13.0 Å². The lowest BCUT2D eigenvalue weighted by Gasteiger charge is -2.17. The van der Waals surface area contributed by atoms with Crippen LogP contribution in [0.5, 0.6) is 0 Å². The molecular weight excluding hydrogens is 325 g/mol. The Morgan fingerprint density at radius 3 is 2.56 bits per heavy atom. The van der Waals surface area contributed by atoms with E-state index in [-0.39, 0.29) is 10.6 Å². The summed E-state index contributed by atoms with van der Waals surface area (Å²) in [5.41, 5.74) is 0.137. The first-order valence-corrected chi connectivity index (χ1v) is 6.17. The lowest BCUT2D eigenvalue weighted by molar-refractivity contribution is -0.141. The molecule has 1 aromatic carbocycles. The van der Waals surface area contributed by atoms with Gasteiger partial charge in [0.1, 0.15) is 0 Å². The van der Waals surface area contributed by atoms with Crippen molar-refractivity contribution in [3.8, 4) is 0 Å². The summed E-state index contributed by atoms with van der Waals surface area (Å²) in [4.78, 5) is 22.7. The first-order valence-electron chi connectivity index (χ1n) is 5.00. The monoisotopic (exact) mass is 335 g/mol. The fourth-order valence-corrected chi connectivity index (χ4v) is 1.86. The summed E-state index contributed by atoms with van der Waals surface area (Å²) in [7, 11) is 0. The normalized spacial score (nSPS) is 13.8. The van der Waals surface area contributed by atoms with E-state index in [0.29, 0.717) is 4.47 Å². The van der Waals surface area contributed by atoms with E-state index < -0.39 is 24.0 Å². The highest BCUT2D eigenvalue weighted by Gasteiger charge is 2.26. The van der Waals surface area contributed by atoms with Crippen LogP contribution in [0.2, 0.25) is 5.02 Å². The van der Waals surface area contributed by atoms with Crippen LogP contribution in [0, 0.1) is 0 Å². The van der Waals surface area contributed by atoms with E-state index in [9.17, 15) is 14.7 Å². The first-order chi connectivity index (χ1) is 8.34. The van der Waals surface area contributed by atoms with Gasteiger partial charge in [0.25, 0.3) is 5.91 Å². The largest absolute Gasteiger partial charge is 0.480 e. The molecule has 2 atom stereocenters. The van der Waals surface area contributed by atoms with Gasteiger partial charge in [-0.25, -0.2) is 4.79 Å². The van der Waals surface area contributed by atoms with Crippen LogP contribution in [-0.4, -0.2) is 34.2 Å². The number of rotatable bonds is 4. The number of carbonyl (C=O) groups excluding carboxylic acids is 1. The highest BCUT2D eigenvalue weighted by atomic mass is 79.9. The molecule has 0 fully saturated rings. The van der Waals surface area contributed by atoms with Gasteiger partial charge in [0.05, 0.1) is 16.7 Å². The van der Waals surface area contributed by atoms with Crippen molar-refractivity contribution in [2.75, 3.05) is 0 Å². The molecule has 0 heterocycles. The molecule has 0 bridgehead atoms. The molecule has 0 aliphatic heterocycles. The van der Waals surface area contributed by atoms with E-state index >= 15 is 0 Å². The number of hydrogen-bond donors (Lipinski definition) is 3. The molecule has 0 saturated carbocycles. The molecule has 1 amide bonds. The number of carbonyl (C=O) groups is 2. The van der Waals surface area contributed by atoms with Crippen molar-refractivity contribution in [3.63, 3.8) is 0 Å². The molecule has 3 N–H and O–H groups in total. The first kappa shape index (κ1) is 14.9. The lowest BCUT2D eigenvalue weighted by atomic mass is 10.1. The van der Waals surface area contributed by atoms with Crippen LogP contribution < -0.4 is 5.32 Å². The van der Waals surface area contributed by atoms with Crippen molar-refractivity contribution in [2.24, 2.45) is 0 Å². The molecule has 98 valence electrons. The van der Waals surface area contributed by atoms with Crippen LogP contribution >= 0.6 is 27.5 Å². The molecule has 0 spiro atoms. The number of aliphatic carboxylic acids is 1. The zero-order valence-corrected chi connectivity index (χ0v) is 11.7. The van der Waals surface area contributed by atoms with E-state index in [0.717, 1.165) is 0 Å². The molecule has 0 aromatic heterocycles. The quantitative estimate of drug-likeness (QED) is 0.780. The average Bonchev–Trinajstić information content (AvgIpc) is 2.28. The zero-order valence-electron chi connectivity index (χ0n) is 9.35. The van der Waals surface area contributed by atoms with E-state index in [1.807, 2.05) is 0 Å². The Hall–Kier alpha value is -1.11. The summed E-state index contributed by atoms with van der Waals surface area (Å²) in [6, 6.07) is 3.34. The fraction of sp³-hybridized carbons (Fsp3) is 0.273. The van der Waals surface area contributed by atoms with Crippen LogP contribution in [0.25, 0.3) is 0 Å². The number of nitrogens with one attached hydrogen (secondary N) is 1. The third-order valence-corrected chi connectivity index (χ3v) is 3.53. The van der Waals surface area contributed by atoms with Gasteiger partial charge >= 0.3 is 5.97 Å². The molecule has 0 saturated heterocycles. The summed E-state index contributed by atoms with van der Waals surface area (Å²) in [6.45, 7) is 1.28. The smallest absolute Gasteiger partial charge is 0.328 e. The molecule has 0 aliphatic carbocycles. The van der Waals surface area contributed by atoms with Gasteiger partial charge in [-0.15, -0.1) is 0 Å². The molecule has 5 nitrogen and oxygen atoms in total. The van der Waals surface area contributed by atoms with E-state index in [2.05, 4.69) is 21.2 Å². The number of hydrogen-bond acceptors (Lipinski definition) is 3. The Balaban J connectivity index is 2.94. The van der Waals surface area contributed by atoms with Gasteiger partial charge in [0.2, 0.25) is 0 Å². The minimum absolute atomic E-state index is 0.137. The maximum Gasteiger partial charge on any atom is 0.328 e. The summed E-state index contributed by atoms with van der Waals surface area (Å²) >= 11 is 9.07. The van der Waals surface area contributed by atoms with Crippen molar-refractivity contribution >= 4 is 39.4 Å². The molecule has 7 heteroatoms. The number of amides is 1. The Bertz CT molecular complexity index is 478. The fourth-order valence-electron chi connectivity index (χ4n) is 1.29. The molecule has 1 aromatic rings. The highest BCUT2D eigenvalue weighted by molar-refractivity contribution is 9.10. The van der Waals surface area contributed by atoms with Gasteiger partial charge < -0.3 is 15.5 Å². The van der Waals surface area contributed by atoms with Crippen LogP contribution in [0.3, 0.4) is 0 Å². The van der Waals surface area contributed by atoms with Crippen molar-refractivity contribution in [1.82, 2.24) is 5.32 Å². The molecule has 0 unspecified atom stereocenters. The van der Waals surface area contributed by atoms with E-state index in [1.54, 1.807) is 12.1 Å². The summed E-state index contributed by atoms with van der Waals surface area (Å²) < 4.78 is 0.528. The van der Waals surface area contributed by atoms with Crippen molar-refractivity contribution in [2.45, 2.75) is 19.1 Å². The van der Waals surface area contributed by atoms with Crippen molar-refractivity contribution in [3.05, 3.63) is 33.3 Å². The second kappa shape index (κ2) is 6.17. The van der Waals surface area contributed by atoms with Gasteiger partial charge in [-0.2, -0.15) is 0 Å². The van der Waals surface area contributed by atoms with Crippen LogP contribution in [0.4, 0.5) is 0 Å².